The maximum Gasteiger partial charge on any atom is 0.232 e. The van der Waals surface area contributed by atoms with E-state index in [2.05, 4.69) is 4.72 Å². The molecule has 0 atom stereocenters. The standard InChI is InChI=1S/C16H26N2O4S2/c1-4-9-24(21,22)18-8-7-14-5-6-16(10-15(14)11-18)17-23(19,20)12-13(2)3/h5-6,10,13,17H,4,7-9,11-12H2,1-3H3. The summed E-state index contributed by atoms with van der Waals surface area (Å²) >= 11 is 0. The van der Waals surface area contributed by atoms with Gasteiger partial charge >= 0.3 is 0 Å². The number of rotatable bonds is 7. The van der Waals surface area contributed by atoms with Gasteiger partial charge in [-0.3, -0.25) is 4.72 Å². The summed E-state index contributed by atoms with van der Waals surface area (Å²) in [5.74, 6) is 0.235. The molecule has 0 aliphatic carbocycles. The Balaban J connectivity index is 2.19. The molecule has 1 aliphatic heterocycles. The highest BCUT2D eigenvalue weighted by atomic mass is 32.2. The van der Waals surface area contributed by atoms with Crippen LogP contribution in [0.15, 0.2) is 18.2 Å². The van der Waals surface area contributed by atoms with Gasteiger partial charge in [0.1, 0.15) is 0 Å². The molecular formula is C16H26N2O4S2. The molecule has 6 nitrogen and oxygen atoms in total. The fourth-order valence-corrected chi connectivity index (χ4v) is 5.81. The van der Waals surface area contributed by atoms with E-state index in [-0.39, 0.29) is 17.4 Å². The van der Waals surface area contributed by atoms with Gasteiger partial charge in [0.05, 0.1) is 11.5 Å². The first-order valence-electron chi connectivity index (χ1n) is 8.23. The smallest absolute Gasteiger partial charge is 0.232 e. The van der Waals surface area contributed by atoms with Crippen LogP contribution in [0.4, 0.5) is 5.69 Å². The highest BCUT2D eigenvalue weighted by Gasteiger charge is 2.26. The first kappa shape index (κ1) is 19.2. The molecule has 0 saturated carbocycles. The Hall–Kier alpha value is -1.12. The second-order valence-electron chi connectivity index (χ2n) is 6.66. The van der Waals surface area contributed by atoms with Crippen molar-refractivity contribution in [2.75, 3.05) is 22.8 Å². The van der Waals surface area contributed by atoms with Gasteiger partial charge in [-0.1, -0.05) is 26.8 Å². The van der Waals surface area contributed by atoms with Crippen molar-refractivity contribution >= 4 is 25.7 Å². The fourth-order valence-electron chi connectivity index (χ4n) is 2.88. The predicted octanol–water partition coefficient (Wildman–Crippen LogP) is 2.18. The molecule has 0 radical (unpaired) electrons. The van der Waals surface area contributed by atoms with E-state index in [1.165, 1.54) is 4.31 Å². The van der Waals surface area contributed by atoms with Gasteiger partial charge in [-0.05, 0) is 42.0 Å². The molecule has 0 spiro atoms. The number of fused-ring (bicyclic) bond motifs is 1. The SMILES string of the molecule is CCCS(=O)(=O)N1CCc2ccc(NS(=O)(=O)CC(C)C)cc2C1. The molecule has 8 heteroatoms. The van der Waals surface area contributed by atoms with Gasteiger partial charge in [-0.15, -0.1) is 0 Å². The van der Waals surface area contributed by atoms with Crippen molar-refractivity contribution in [3.63, 3.8) is 0 Å². The third-order valence-electron chi connectivity index (χ3n) is 3.87. The van der Waals surface area contributed by atoms with Crippen LogP contribution in [-0.4, -0.2) is 39.2 Å². The average Bonchev–Trinajstić information content (AvgIpc) is 2.44. The maximum atomic E-state index is 12.2. The van der Waals surface area contributed by atoms with Crippen molar-refractivity contribution in [3.8, 4) is 0 Å². The number of nitrogens with zero attached hydrogens (tertiary/aromatic N) is 1. The number of hydrogen-bond acceptors (Lipinski definition) is 4. The van der Waals surface area contributed by atoms with E-state index in [1.807, 2.05) is 26.8 Å². The highest BCUT2D eigenvalue weighted by Crippen LogP contribution is 2.25. The Bertz CT molecular complexity index is 786. The fraction of sp³-hybridized carbons (Fsp3) is 0.625. The second kappa shape index (κ2) is 7.41. The molecular weight excluding hydrogens is 348 g/mol. The summed E-state index contributed by atoms with van der Waals surface area (Å²) in [4.78, 5) is 0. The summed E-state index contributed by atoms with van der Waals surface area (Å²) in [5, 5.41) is 0. The van der Waals surface area contributed by atoms with Crippen LogP contribution in [0.5, 0.6) is 0 Å². The Morgan fingerprint density at radius 2 is 1.88 bits per heavy atom. The first-order valence-corrected chi connectivity index (χ1v) is 11.5. The molecule has 0 bridgehead atoms. The topological polar surface area (TPSA) is 83.6 Å². The van der Waals surface area contributed by atoms with Gasteiger partial charge < -0.3 is 0 Å². The molecule has 24 heavy (non-hydrogen) atoms. The average molecular weight is 375 g/mol. The zero-order valence-electron chi connectivity index (χ0n) is 14.4. The second-order valence-corrected chi connectivity index (χ2v) is 10.5. The van der Waals surface area contributed by atoms with Crippen molar-refractivity contribution in [1.29, 1.82) is 0 Å². The summed E-state index contributed by atoms with van der Waals surface area (Å²) in [6.45, 7) is 6.33. The summed E-state index contributed by atoms with van der Waals surface area (Å²) in [6.07, 6.45) is 1.23. The third kappa shape index (κ3) is 4.94. The summed E-state index contributed by atoms with van der Waals surface area (Å²) in [5.41, 5.74) is 2.43. The molecule has 136 valence electrons. The van der Waals surface area contributed by atoms with Gasteiger partial charge in [-0.2, -0.15) is 4.31 Å². The van der Waals surface area contributed by atoms with Crippen LogP contribution >= 0.6 is 0 Å². The lowest BCUT2D eigenvalue weighted by atomic mass is 10.0. The molecule has 1 aliphatic rings. The number of hydrogen-bond donors (Lipinski definition) is 1. The van der Waals surface area contributed by atoms with Crippen LogP contribution in [-0.2, 0) is 33.0 Å². The van der Waals surface area contributed by atoms with Gasteiger partial charge in [0.15, 0.2) is 0 Å². The van der Waals surface area contributed by atoms with E-state index >= 15 is 0 Å². The predicted molar refractivity (Wildman–Crippen MR) is 96.9 cm³/mol. The van der Waals surface area contributed by atoms with Crippen LogP contribution in [0.25, 0.3) is 0 Å². The molecule has 0 fully saturated rings. The number of nitrogens with one attached hydrogen (secondary N) is 1. The largest absolute Gasteiger partial charge is 0.284 e. The monoisotopic (exact) mass is 374 g/mol. The lowest BCUT2D eigenvalue weighted by Crippen LogP contribution is -2.37. The van der Waals surface area contributed by atoms with E-state index in [4.69, 9.17) is 0 Å². The van der Waals surface area contributed by atoms with Crippen LogP contribution in [0.2, 0.25) is 0 Å². The lowest BCUT2D eigenvalue weighted by molar-refractivity contribution is 0.391. The van der Waals surface area contributed by atoms with Crippen molar-refractivity contribution in [3.05, 3.63) is 29.3 Å². The first-order chi connectivity index (χ1) is 11.1. The molecule has 0 saturated heterocycles. The van der Waals surface area contributed by atoms with Crippen molar-refractivity contribution in [2.24, 2.45) is 5.92 Å². The minimum absolute atomic E-state index is 0.0369. The van der Waals surface area contributed by atoms with Crippen LogP contribution in [0.3, 0.4) is 0 Å². The minimum Gasteiger partial charge on any atom is -0.284 e. The third-order valence-corrected chi connectivity index (χ3v) is 7.54. The van der Waals surface area contributed by atoms with Crippen molar-refractivity contribution in [2.45, 2.75) is 40.2 Å². The van der Waals surface area contributed by atoms with E-state index in [9.17, 15) is 16.8 Å². The van der Waals surface area contributed by atoms with Crippen LogP contribution in [0.1, 0.15) is 38.3 Å². The molecule has 0 unspecified atom stereocenters. The zero-order valence-corrected chi connectivity index (χ0v) is 16.1. The quantitative estimate of drug-likeness (QED) is 0.793. The zero-order chi connectivity index (χ0) is 18.0. The van der Waals surface area contributed by atoms with Crippen molar-refractivity contribution < 1.29 is 16.8 Å². The minimum atomic E-state index is -3.39. The van der Waals surface area contributed by atoms with E-state index < -0.39 is 20.0 Å². The Labute approximate surface area is 145 Å². The van der Waals surface area contributed by atoms with Crippen LogP contribution < -0.4 is 4.72 Å². The molecule has 1 heterocycles. The Kier molecular flexibility index (Phi) is 5.93. The van der Waals surface area contributed by atoms with Crippen molar-refractivity contribution in [1.82, 2.24) is 4.31 Å². The number of sulfonamides is 2. The van der Waals surface area contributed by atoms with E-state index in [0.29, 0.717) is 31.6 Å². The maximum absolute atomic E-state index is 12.2. The highest BCUT2D eigenvalue weighted by molar-refractivity contribution is 7.92. The number of benzene rings is 1. The van der Waals surface area contributed by atoms with Gasteiger partial charge in [0, 0.05) is 18.8 Å². The molecule has 1 N–H and O–H groups in total. The lowest BCUT2D eigenvalue weighted by Gasteiger charge is -2.28. The Morgan fingerprint density at radius 3 is 2.50 bits per heavy atom. The molecule has 0 amide bonds. The van der Waals surface area contributed by atoms with Crippen LogP contribution in [0, 0.1) is 5.92 Å². The normalized spacial score (nSPS) is 16.2. The van der Waals surface area contributed by atoms with E-state index in [1.54, 1.807) is 12.1 Å². The molecule has 1 aromatic carbocycles. The molecule has 2 rings (SSSR count). The van der Waals surface area contributed by atoms with E-state index in [0.717, 1.165) is 11.1 Å². The summed E-state index contributed by atoms with van der Waals surface area (Å²) < 4.78 is 52.7. The van der Waals surface area contributed by atoms with Gasteiger partial charge in [0.25, 0.3) is 0 Å². The van der Waals surface area contributed by atoms with Gasteiger partial charge in [0.2, 0.25) is 20.0 Å². The molecule has 0 aromatic heterocycles. The van der Waals surface area contributed by atoms with Gasteiger partial charge in [-0.25, -0.2) is 16.8 Å². The summed E-state index contributed by atoms with van der Waals surface area (Å²) in [7, 11) is -6.64. The summed E-state index contributed by atoms with van der Waals surface area (Å²) in [6, 6.07) is 5.38. The number of anilines is 1. The Morgan fingerprint density at radius 1 is 1.17 bits per heavy atom. The molecule has 1 aromatic rings.